The molecule has 2 heterocycles. The maximum absolute atomic E-state index is 12.8. The zero-order chi connectivity index (χ0) is 15.6. The zero-order valence-electron chi connectivity index (χ0n) is 12.9. The summed E-state index contributed by atoms with van der Waals surface area (Å²) in [6.45, 7) is 7.61. The number of carbonyl (C=O) groups excluding carboxylic acids is 1. The Morgan fingerprint density at radius 2 is 1.91 bits per heavy atom. The highest BCUT2D eigenvalue weighted by molar-refractivity contribution is 6.30. The van der Waals surface area contributed by atoms with Crippen LogP contribution in [0, 0.1) is 0 Å². The number of hydrogen-bond acceptors (Lipinski definition) is 2. The highest BCUT2D eigenvalue weighted by Crippen LogP contribution is 2.37. The molecule has 1 aromatic carbocycles. The molecule has 4 heteroatoms. The van der Waals surface area contributed by atoms with E-state index >= 15 is 0 Å². The van der Waals surface area contributed by atoms with E-state index in [4.69, 9.17) is 11.6 Å². The highest BCUT2D eigenvalue weighted by Gasteiger charge is 2.44. The van der Waals surface area contributed by atoms with Gasteiger partial charge in [-0.3, -0.25) is 9.69 Å². The molecule has 3 nitrogen and oxygen atoms in total. The van der Waals surface area contributed by atoms with E-state index in [0.29, 0.717) is 5.02 Å². The first-order valence-electron chi connectivity index (χ1n) is 8.05. The van der Waals surface area contributed by atoms with E-state index in [2.05, 4.69) is 11.5 Å². The number of halogens is 1. The van der Waals surface area contributed by atoms with Crippen molar-refractivity contribution < 1.29 is 4.79 Å². The van der Waals surface area contributed by atoms with Crippen molar-refractivity contribution in [1.82, 2.24) is 9.80 Å². The van der Waals surface area contributed by atoms with Crippen LogP contribution in [-0.4, -0.2) is 47.4 Å². The summed E-state index contributed by atoms with van der Waals surface area (Å²) < 4.78 is 0. The molecule has 0 N–H and O–H groups in total. The molecule has 1 atom stereocenters. The summed E-state index contributed by atoms with van der Waals surface area (Å²) in [5.41, 5.74) is 0.892. The van der Waals surface area contributed by atoms with Crippen LogP contribution < -0.4 is 0 Å². The molecule has 22 heavy (non-hydrogen) atoms. The molecule has 2 aliphatic rings. The van der Waals surface area contributed by atoms with Gasteiger partial charge in [0, 0.05) is 35.8 Å². The number of benzene rings is 1. The van der Waals surface area contributed by atoms with E-state index in [-0.39, 0.29) is 11.4 Å². The van der Waals surface area contributed by atoms with E-state index < -0.39 is 0 Å². The first kappa shape index (κ1) is 15.6. The van der Waals surface area contributed by atoms with E-state index in [1.165, 1.54) is 19.3 Å². The number of likely N-dealkylation sites (tertiary alicyclic amines) is 2. The lowest BCUT2D eigenvalue weighted by molar-refractivity contribution is 0.0367. The van der Waals surface area contributed by atoms with Crippen LogP contribution in [0.3, 0.4) is 0 Å². The molecule has 0 bridgehead atoms. The monoisotopic (exact) mass is 318 g/mol. The van der Waals surface area contributed by atoms with Crippen molar-refractivity contribution in [2.24, 2.45) is 0 Å². The Morgan fingerprint density at radius 1 is 1.23 bits per heavy atom. The van der Waals surface area contributed by atoms with Crippen LogP contribution in [0.25, 0.3) is 0 Å². The summed E-state index contributed by atoms with van der Waals surface area (Å²) in [7, 11) is 0. The van der Waals surface area contributed by atoms with Crippen molar-refractivity contribution in [2.75, 3.05) is 26.2 Å². The normalized spacial score (nSPS) is 25.6. The molecular weight excluding hydrogens is 296 g/mol. The average molecular weight is 319 g/mol. The van der Waals surface area contributed by atoms with Crippen molar-refractivity contribution in [1.29, 1.82) is 0 Å². The van der Waals surface area contributed by atoms with Gasteiger partial charge in [-0.15, -0.1) is 6.58 Å². The fraction of sp³-hybridized carbons (Fsp3) is 0.500. The number of piperidine rings is 1. The van der Waals surface area contributed by atoms with Gasteiger partial charge < -0.3 is 4.90 Å². The van der Waals surface area contributed by atoms with Gasteiger partial charge in [0.15, 0.2) is 0 Å². The van der Waals surface area contributed by atoms with Gasteiger partial charge in [0.2, 0.25) is 0 Å². The maximum Gasteiger partial charge on any atom is 0.253 e. The molecule has 0 radical (unpaired) electrons. The molecule has 0 saturated carbocycles. The van der Waals surface area contributed by atoms with Crippen LogP contribution in [0.1, 0.15) is 36.0 Å². The van der Waals surface area contributed by atoms with Gasteiger partial charge in [-0.2, -0.15) is 0 Å². The Labute approximate surface area is 137 Å². The second-order valence-electron chi connectivity index (χ2n) is 6.40. The van der Waals surface area contributed by atoms with Crippen molar-refractivity contribution >= 4 is 17.5 Å². The average Bonchev–Trinajstić information content (AvgIpc) is 2.90. The Balaban J connectivity index is 1.76. The fourth-order valence-electron chi connectivity index (χ4n) is 3.96. The SMILES string of the molecule is C=CCN1CCC[C@]12CCCN(C(=O)c1ccc(Cl)cc1)C2. The van der Waals surface area contributed by atoms with Gasteiger partial charge in [0.1, 0.15) is 0 Å². The van der Waals surface area contributed by atoms with Gasteiger partial charge in [-0.25, -0.2) is 0 Å². The number of rotatable bonds is 3. The van der Waals surface area contributed by atoms with Crippen LogP contribution >= 0.6 is 11.6 Å². The van der Waals surface area contributed by atoms with Gasteiger partial charge in [0.05, 0.1) is 0 Å². The molecule has 1 spiro atoms. The van der Waals surface area contributed by atoms with Crippen molar-refractivity contribution in [3.8, 4) is 0 Å². The molecule has 118 valence electrons. The predicted molar refractivity (Wildman–Crippen MR) is 90.3 cm³/mol. The molecule has 0 unspecified atom stereocenters. The van der Waals surface area contributed by atoms with Crippen LogP contribution in [0.4, 0.5) is 0 Å². The van der Waals surface area contributed by atoms with E-state index in [0.717, 1.165) is 38.2 Å². The van der Waals surface area contributed by atoms with Crippen LogP contribution in [-0.2, 0) is 0 Å². The van der Waals surface area contributed by atoms with E-state index in [1.807, 2.05) is 23.1 Å². The summed E-state index contributed by atoms with van der Waals surface area (Å²) >= 11 is 5.91. The summed E-state index contributed by atoms with van der Waals surface area (Å²) in [5, 5.41) is 0.666. The lowest BCUT2D eigenvalue weighted by Crippen LogP contribution is -2.56. The third-order valence-electron chi connectivity index (χ3n) is 5.02. The van der Waals surface area contributed by atoms with E-state index in [1.54, 1.807) is 12.1 Å². The van der Waals surface area contributed by atoms with Crippen molar-refractivity contribution in [2.45, 2.75) is 31.2 Å². The summed E-state index contributed by atoms with van der Waals surface area (Å²) in [6.07, 6.45) is 6.65. The smallest absolute Gasteiger partial charge is 0.253 e. The van der Waals surface area contributed by atoms with Gasteiger partial charge in [0.25, 0.3) is 5.91 Å². The van der Waals surface area contributed by atoms with Crippen LogP contribution in [0.15, 0.2) is 36.9 Å². The number of nitrogens with zero attached hydrogens (tertiary/aromatic N) is 2. The Bertz CT molecular complexity index is 557. The van der Waals surface area contributed by atoms with Crippen molar-refractivity contribution in [3.63, 3.8) is 0 Å². The Kier molecular flexibility index (Phi) is 4.55. The standard InChI is InChI=1S/C18H23ClN2O/c1-2-11-21-13-4-10-18(21)9-3-12-20(14-18)17(22)15-5-7-16(19)8-6-15/h2,5-8H,1,3-4,9-14H2/t18-/m0/s1. The fourth-order valence-corrected chi connectivity index (χ4v) is 4.08. The minimum absolute atomic E-state index is 0.126. The largest absolute Gasteiger partial charge is 0.337 e. The molecule has 2 fully saturated rings. The van der Waals surface area contributed by atoms with Gasteiger partial charge in [-0.1, -0.05) is 17.7 Å². The molecular formula is C18H23ClN2O. The summed E-state index contributed by atoms with van der Waals surface area (Å²) in [4.78, 5) is 17.3. The predicted octanol–water partition coefficient (Wildman–Crippen LogP) is 3.60. The summed E-state index contributed by atoms with van der Waals surface area (Å²) in [6, 6.07) is 7.21. The second kappa shape index (κ2) is 6.43. The molecule has 2 saturated heterocycles. The maximum atomic E-state index is 12.8. The van der Waals surface area contributed by atoms with Gasteiger partial charge in [-0.05, 0) is 56.5 Å². The Hall–Kier alpha value is -1.32. The lowest BCUT2D eigenvalue weighted by atomic mass is 9.86. The van der Waals surface area contributed by atoms with Crippen LogP contribution in [0.2, 0.25) is 5.02 Å². The molecule has 1 aromatic rings. The first-order valence-corrected chi connectivity index (χ1v) is 8.43. The number of hydrogen-bond donors (Lipinski definition) is 0. The topological polar surface area (TPSA) is 23.6 Å². The number of carbonyl (C=O) groups is 1. The third-order valence-corrected chi connectivity index (χ3v) is 5.28. The molecule has 2 aliphatic heterocycles. The van der Waals surface area contributed by atoms with Crippen molar-refractivity contribution in [3.05, 3.63) is 47.5 Å². The van der Waals surface area contributed by atoms with Crippen LogP contribution in [0.5, 0.6) is 0 Å². The summed E-state index contributed by atoms with van der Waals surface area (Å²) in [5.74, 6) is 0.126. The lowest BCUT2D eigenvalue weighted by Gasteiger charge is -2.45. The van der Waals surface area contributed by atoms with E-state index in [9.17, 15) is 4.79 Å². The minimum atomic E-state index is 0.126. The molecule has 3 rings (SSSR count). The number of amides is 1. The Morgan fingerprint density at radius 3 is 2.59 bits per heavy atom. The quantitative estimate of drug-likeness (QED) is 0.795. The molecule has 0 aliphatic carbocycles. The molecule has 1 amide bonds. The third kappa shape index (κ3) is 2.92. The van der Waals surface area contributed by atoms with Gasteiger partial charge >= 0.3 is 0 Å². The zero-order valence-corrected chi connectivity index (χ0v) is 13.7. The molecule has 0 aromatic heterocycles. The first-order chi connectivity index (χ1) is 10.6. The second-order valence-corrected chi connectivity index (χ2v) is 6.84. The highest BCUT2D eigenvalue weighted by atomic mass is 35.5. The minimum Gasteiger partial charge on any atom is -0.337 e.